The van der Waals surface area contributed by atoms with Crippen LogP contribution < -0.4 is 15.2 Å². The van der Waals surface area contributed by atoms with Gasteiger partial charge in [-0.2, -0.15) is 5.26 Å². The summed E-state index contributed by atoms with van der Waals surface area (Å²) >= 11 is 6.88. The summed E-state index contributed by atoms with van der Waals surface area (Å²) in [4.78, 5) is 23.2. The van der Waals surface area contributed by atoms with Crippen LogP contribution in [0.15, 0.2) is 59.7 Å². The van der Waals surface area contributed by atoms with Gasteiger partial charge in [-0.1, -0.05) is 17.7 Å². The number of likely N-dealkylation sites (tertiary alicyclic amines) is 1. The van der Waals surface area contributed by atoms with Crippen LogP contribution in [0.1, 0.15) is 24.0 Å². The quantitative estimate of drug-likeness (QED) is 0.338. The van der Waals surface area contributed by atoms with E-state index in [4.69, 9.17) is 11.6 Å². The standard InChI is InChI=1S/C30H27ClF2N6O/c31-27-28-23(17-25(33)29(27)37-12-14-38(15-13-37)30-20(18-34)4-3-8-35-30)26(40)7-11-39(28)22-6-5-21(24(32)16-22)19-36-9-1-2-10-36/h3-8,11,16-17H,1-2,9-10,12-15,19H2. The highest BCUT2D eigenvalue weighted by Gasteiger charge is 2.26. The molecule has 2 saturated heterocycles. The number of nitriles is 1. The molecule has 7 nitrogen and oxygen atoms in total. The highest BCUT2D eigenvalue weighted by Crippen LogP contribution is 2.37. The molecule has 0 bridgehead atoms. The number of hydrogen-bond donors (Lipinski definition) is 0. The molecule has 0 unspecified atom stereocenters. The number of pyridine rings is 2. The van der Waals surface area contributed by atoms with Crippen LogP contribution in [0, 0.1) is 23.0 Å². The van der Waals surface area contributed by atoms with Gasteiger partial charge < -0.3 is 14.4 Å². The summed E-state index contributed by atoms with van der Waals surface area (Å²) in [5.74, 6) is -0.334. The first-order valence-corrected chi connectivity index (χ1v) is 13.7. The Bertz CT molecular complexity index is 1690. The van der Waals surface area contributed by atoms with Gasteiger partial charge in [-0.15, -0.1) is 0 Å². The Balaban J connectivity index is 1.35. The van der Waals surface area contributed by atoms with Crippen molar-refractivity contribution in [2.45, 2.75) is 19.4 Å². The third kappa shape index (κ3) is 4.78. The predicted molar refractivity (Wildman–Crippen MR) is 152 cm³/mol. The molecule has 204 valence electrons. The van der Waals surface area contributed by atoms with Gasteiger partial charge in [0, 0.05) is 62.4 Å². The van der Waals surface area contributed by atoms with Crippen molar-refractivity contribution in [1.29, 1.82) is 5.26 Å². The topological polar surface area (TPSA) is 68.4 Å². The van der Waals surface area contributed by atoms with E-state index in [1.165, 1.54) is 18.2 Å². The molecule has 40 heavy (non-hydrogen) atoms. The molecule has 6 rings (SSSR count). The zero-order valence-electron chi connectivity index (χ0n) is 21.8. The van der Waals surface area contributed by atoms with E-state index in [2.05, 4.69) is 16.0 Å². The highest BCUT2D eigenvalue weighted by molar-refractivity contribution is 6.38. The van der Waals surface area contributed by atoms with Crippen molar-refractivity contribution in [1.82, 2.24) is 14.5 Å². The molecule has 2 aromatic heterocycles. The fourth-order valence-corrected chi connectivity index (χ4v) is 6.11. The predicted octanol–water partition coefficient (Wildman–Crippen LogP) is 5.11. The highest BCUT2D eigenvalue weighted by atomic mass is 35.5. The van der Waals surface area contributed by atoms with Gasteiger partial charge in [-0.05, 0) is 56.3 Å². The van der Waals surface area contributed by atoms with Crippen LogP contribution >= 0.6 is 11.6 Å². The zero-order chi connectivity index (χ0) is 27.8. The number of hydrogen-bond acceptors (Lipinski definition) is 6. The Morgan fingerprint density at radius 3 is 2.42 bits per heavy atom. The van der Waals surface area contributed by atoms with E-state index in [-0.39, 0.29) is 27.3 Å². The van der Waals surface area contributed by atoms with E-state index in [0.29, 0.717) is 60.9 Å². The Hall–Kier alpha value is -4.00. The molecule has 2 aromatic carbocycles. The van der Waals surface area contributed by atoms with Crippen molar-refractivity contribution in [3.63, 3.8) is 0 Å². The second kappa shape index (κ2) is 10.9. The van der Waals surface area contributed by atoms with Gasteiger partial charge in [0.2, 0.25) is 0 Å². The second-order valence-corrected chi connectivity index (χ2v) is 10.6. The van der Waals surface area contributed by atoms with Gasteiger partial charge in [0.05, 0.1) is 27.2 Å². The first-order valence-electron chi connectivity index (χ1n) is 13.3. The van der Waals surface area contributed by atoms with Gasteiger partial charge in [-0.3, -0.25) is 9.69 Å². The molecule has 2 aliphatic rings. The molecule has 0 atom stereocenters. The maximum Gasteiger partial charge on any atom is 0.189 e. The van der Waals surface area contributed by atoms with E-state index in [9.17, 15) is 10.1 Å². The summed E-state index contributed by atoms with van der Waals surface area (Å²) in [5, 5.41) is 9.66. The minimum absolute atomic E-state index is 0.0956. The van der Waals surface area contributed by atoms with E-state index in [0.717, 1.165) is 25.9 Å². The molecule has 0 radical (unpaired) electrons. The molecular formula is C30H27ClF2N6O. The Morgan fingerprint density at radius 2 is 1.70 bits per heavy atom. The lowest BCUT2D eigenvalue weighted by Gasteiger charge is -2.37. The van der Waals surface area contributed by atoms with Crippen LogP contribution in [0.5, 0.6) is 0 Å². The fraction of sp³-hybridized carbons (Fsp3) is 0.300. The van der Waals surface area contributed by atoms with E-state index in [1.54, 1.807) is 41.2 Å². The van der Waals surface area contributed by atoms with Gasteiger partial charge in [0.1, 0.15) is 23.5 Å². The van der Waals surface area contributed by atoms with E-state index >= 15 is 8.78 Å². The number of piperazine rings is 1. The van der Waals surface area contributed by atoms with Gasteiger partial charge >= 0.3 is 0 Å². The first-order chi connectivity index (χ1) is 19.4. The van der Waals surface area contributed by atoms with Crippen LogP contribution in [0.4, 0.5) is 20.3 Å². The Morgan fingerprint density at radius 1 is 0.950 bits per heavy atom. The molecule has 10 heteroatoms. The minimum atomic E-state index is -0.594. The van der Waals surface area contributed by atoms with Crippen LogP contribution in [0.25, 0.3) is 16.6 Å². The molecule has 2 aliphatic heterocycles. The minimum Gasteiger partial charge on any atom is -0.364 e. The smallest absolute Gasteiger partial charge is 0.189 e. The summed E-state index contributed by atoms with van der Waals surface area (Å²) in [5.41, 5.74) is 1.74. The Kier molecular flexibility index (Phi) is 7.13. The van der Waals surface area contributed by atoms with Crippen LogP contribution in [-0.4, -0.2) is 53.7 Å². The normalized spacial score (nSPS) is 16.1. The molecule has 0 aliphatic carbocycles. The average molecular weight is 561 g/mol. The first kappa shape index (κ1) is 26.2. The van der Waals surface area contributed by atoms with Crippen molar-refractivity contribution in [3.8, 4) is 11.8 Å². The molecule has 0 saturated carbocycles. The molecule has 4 aromatic rings. The third-order valence-corrected chi connectivity index (χ3v) is 8.12. The van der Waals surface area contributed by atoms with E-state index in [1.807, 2.05) is 9.80 Å². The largest absolute Gasteiger partial charge is 0.364 e. The molecular weight excluding hydrogens is 534 g/mol. The van der Waals surface area contributed by atoms with Crippen molar-refractivity contribution in [2.75, 3.05) is 49.1 Å². The van der Waals surface area contributed by atoms with Gasteiger partial charge in [0.15, 0.2) is 5.43 Å². The summed E-state index contributed by atoms with van der Waals surface area (Å²) in [6.07, 6.45) is 5.44. The number of aromatic nitrogens is 2. The fourth-order valence-electron chi connectivity index (χ4n) is 5.71. The summed E-state index contributed by atoms with van der Waals surface area (Å²) in [7, 11) is 0. The molecule has 0 amide bonds. The number of rotatable bonds is 5. The second-order valence-electron chi connectivity index (χ2n) is 10.2. The molecule has 2 fully saturated rings. The number of benzene rings is 2. The zero-order valence-corrected chi connectivity index (χ0v) is 22.5. The van der Waals surface area contributed by atoms with Crippen molar-refractivity contribution in [3.05, 3.63) is 92.9 Å². The maximum atomic E-state index is 15.5. The van der Waals surface area contributed by atoms with Gasteiger partial charge in [0.25, 0.3) is 0 Å². The summed E-state index contributed by atoms with van der Waals surface area (Å²) < 4.78 is 32.4. The molecule has 4 heterocycles. The van der Waals surface area contributed by atoms with Crippen LogP contribution in [-0.2, 0) is 6.54 Å². The summed E-state index contributed by atoms with van der Waals surface area (Å²) in [6, 6.07) is 13.2. The molecule has 0 N–H and O–H groups in total. The van der Waals surface area contributed by atoms with Crippen LogP contribution in [0.2, 0.25) is 5.02 Å². The lowest BCUT2D eigenvalue weighted by Crippen LogP contribution is -2.47. The molecule has 0 spiro atoms. The maximum absolute atomic E-state index is 15.5. The van der Waals surface area contributed by atoms with Crippen molar-refractivity contribution in [2.24, 2.45) is 0 Å². The average Bonchev–Trinajstić information content (AvgIpc) is 3.48. The van der Waals surface area contributed by atoms with Crippen molar-refractivity contribution >= 4 is 34.0 Å². The lowest BCUT2D eigenvalue weighted by molar-refractivity contribution is 0.325. The van der Waals surface area contributed by atoms with Crippen LogP contribution in [0.3, 0.4) is 0 Å². The number of halogens is 3. The number of nitrogens with zero attached hydrogens (tertiary/aromatic N) is 6. The third-order valence-electron chi connectivity index (χ3n) is 7.76. The Labute approximate surface area is 235 Å². The SMILES string of the molecule is N#Cc1cccnc1N1CCN(c2c(F)cc3c(=O)ccn(-c4ccc(CN5CCCC5)c(F)c4)c3c2Cl)CC1. The van der Waals surface area contributed by atoms with Gasteiger partial charge in [-0.25, -0.2) is 13.8 Å². The summed E-state index contributed by atoms with van der Waals surface area (Å²) in [6.45, 7) is 4.35. The number of anilines is 2. The number of fused-ring (bicyclic) bond motifs is 1. The monoisotopic (exact) mass is 560 g/mol. The lowest BCUT2D eigenvalue weighted by atomic mass is 10.1. The van der Waals surface area contributed by atoms with Crippen molar-refractivity contribution < 1.29 is 8.78 Å². The van der Waals surface area contributed by atoms with E-state index < -0.39 is 5.82 Å².